The number of carbonyl (C=O) groups is 1. The zero-order chi connectivity index (χ0) is 21.6. The van der Waals surface area contributed by atoms with E-state index in [0.717, 1.165) is 12.0 Å². The van der Waals surface area contributed by atoms with E-state index in [2.05, 4.69) is 46.6 Å². The molecule has 4 rings (SSSR count). The number of halogens is 1. The first-order valence-corrected chi connectivity index (χ1v) is 10.2. The molecule has 2 aromatic heterocycles. The maximum atomic E-state index is 13.9. The van der Waals surface area contributed by atoms with Crippen LogP contribution in [0, 0.1) is 5.82 Å². The first-order valence-electron chi connectivity index (χ1n) is 10.2. The van der Waals surface area contributed by atoms with Crippen molar-refractivity contribution in [1.29, 1.82) is 0 Å². The van der Waals surface area contributed by atoms with Gasteiger partial charge in [0.25, 0.3) is 0 Å². The lowest BCUT2D eigenvalue weighted by molar-refractivity contribution is -0.116. The highest BCUT2D eigenvalue weighted by Gasteiger charge is 2.13. The Morgan fingerprint density at radius 2 is 1.87 bits per heavy atom. The van der Waals surface area contributed by atoms with Gasteiger partial charge in [-0.3, -0.25) is 4.79 Å². The second kappa shape index (κ2) is 9.38. The van der Waals surface area contributed by atoms with E-state index in [1.54, 1.807) is 35.1 Å². The van der Waals surface area contributed by atoms with Crippen LogP contribution < -0.4 is 5.32 Å². The van der Waals surface area contributed by atoms with Crippen molar-refractivity contribution in [2.45, 2.75) is 32.7 Å². The van der Waals surface area contributed by atoms with Crippen molar-refractivity contribution in [3.8, 4) is 11.3 Å². The van der Waals surface area contributed by atoms with Crippen molar-refractivity contribution in [2.24, 2.45) is 0 Å². The molecule has 0 saturated carbocycles. The van der Waals surface area contributed by atoms with Gasteiger partial charge in [0, 0.05) is 18.9 Å². The van der Waals surface area contributed by atoms with Gasteiger partial charge in [-0.2, -0.15) is 5.10 Å². The first kappa shape index (κ1) is 20.5. The predicted molar refractivity (Wildman–Crippen MR) is 116 cm³/mol. The number of aryl methyl sites for hydroxylation is 2. The lowest BCUT2D eigenvalue weighted by atomic mass is 10.1. The first-order chi connectivity index (χ1) is 15.1. The molecule has 0 aliphatic carbocycles. The lowest BCUT2D eigenvalue weighted by Gasteiger charge is -2.09. The van der Waals surface area contributed by atoms with Gasteiger partial charge in [-0.25, -0.2) is 14.1 Å². The van der Waals surface area contributed by atoms with Crippen molar-refractivity contribution in [3.05, 3.63) is 89.8 Å². The molecule has 2 heterocycles. The number of anilines is 1. The summed E-state index contributed by atoms with van der Waals surface area (Å²) in [6.45, 7) is 2.69. The summed E-state index contributed by atoms with van der Waals surface area (Å²) in [5.41, 5.74) is 2.74. The monoisotopic (exact) mass is 418 g/mol. The third-order valence-electron chi connectivity index (χ3n) is 5.01. The summed E-state index contributed by atoms with van der Waals surface area (Å²) in [6.07, 6.45) is 4.63. The molecule has 0 aliphatic heterocycles. The van der Waals surface area contributed by atoms with Crippen LogP contribution in [-0.2, 0) is 24.2 Å². The minimum Gasteiger partial charge on any atom is -0.441 e. The third-order valence-corrected chi connectivity index (χ3v) is 5.01. The number of aromatic nitrogens is 3. The smallest absolute Gasteiger partial charge is 0.226 e. The van der Waals surface area contributed by atoms with E-state index in [1.807, 2.05) is 0 Å². The highest BCUT2D eigenvalue weighted by molar-refractivity contribution is 5.89. The molecule has 0 unspecified atom stereocenters. The molecule has 0 saturated heterocycles. The van der Waals surface area contributed by atoms with Crippen LogP contribution in [0.2, 0.25) is 0 Å². The van der Waals surface area contributed by atoms with Gasteiger partial charge in [0.15, 0.2) is 11.7 Å². The number of hydrogen-bond donors (Lipinski definition) is 1. The van der Waals surface area contributed by atoms with Crippen LogP contribution in [0.15, 0.2) is 71.4 Å². The zero-order valence-corrected chi connectivity index (χ0v) is 17.2. The molecule has 7 heteroatoms. The lowest BCUT2D eigenvalue weighted by Crippen LogP contribution is -2.16. The van der Waals surface area contributed by atoms with Crippen LogP contribution in [0.25, 0.3) is 11.3 Å². The zero-order valence-electron chi connectivity index (χ0n) is 17.2. The average molecular weight is 418 g/mol. The SMILES string of the molecule is CCc1ccc(Cn2nccc2NC(=O)CCc2ncc(-c3ccccc3F)o2)cc1. The number of amides is 1. The molecule has 158 valence electrons. The number of benzene rings is 2. The van der Waals surface area contributed by atoms with Crippen LogP contribution in [0.4, 0.5) is 10.2 Å². The van der Waals surface area contributed by atoms with Gasteiger partial charge in [-0.1, -0.05) is 43.3 Å². The third kappa shape index (κ3) is 5.06. The Balaban J connectivity index is 1.34. The molecular weight excluding hydrogens is 395 g/mol. The standard InChI is InChI=1S/C24H23FN4O2/c1-2-17-7-9-18(10-8-17)16-29-22(13-14-27-29)28-23(30)11-12-24-26-15-21(31-24)19-5-3-4-6-20(19)25/h3-10,13-15H,2,11-12,16H2,1H3,(H,28,30). The predicted octanol–water partition coefficient (Wildman–Crippen LogP) is 4.86. The summed E-state index contributed by atoms with van der Waals surface area (Å²) >= 11 is 0. The molecule has 0 atom stereocenters. The van der Waals surface area contributed by atoms with Crippen LogP contribution in [0.5, 0.6) is 0 Å². The molecule has 2 aromatic carbocycles. The fraction of sp³-hybridized carbons (Fsp3) is 0.208. The minimum atomic E-state index is -0.375. The molecule has 6 nitrogen and oxygen atoms in total. The highest BCUT2D eigenvalue weighted by Crippen LogP contribution is 2.23. The van der Waals surface area contributed by atoms with E-state index in [0.29, 0.717) is 36.0 Å². The maximum Gasteiger partial charge on any atom is 0.226 e. The molecule has 0 aliphatic rings. The molecule has 0 spiro atoms. The molecule has 31 heavy (non-hydrogen) atoms. The fourth-order valence-corrected chi connectivity index (χ4v) is 3.26. The van der Waals surface area contributed by atoms with E-state index in [9.17, 15) is 9.18 Å². The van der Waals surface area contributed by atoms with Crippen molar-refractivity contribution in [3.63, 3.8) is 0 Å². The van der Waals surface area contributed by atoms with Crippen LogP contribution in [0.3, 0.4) is 0 Å². The summed E-state index contributed by atoms with van der Waals surface area (Å²) in [6, 6.07) is 16.5. The van der Waals surface area contributed by atoms with Crippen molar-refractivity contribution < 1.29 is 13.6 Å². The second-order valence-corrected chi connectivity index (χ2v) is 7.19. The summed E-state index contributed by atoms with van der Waals surface area (Å²) in [5.74, 6) is 0.817. The molecule has 4 aromatic rings. The molecule has 0 radical (unpaired) electrons. The van der Waals surface area contributed by atoms with Gasteiger partial charge in [0.2, 0.25) is 5.91 Å². The Morgan fingerprint density at radius 3 is 2.65 bits per heavy atom. The summed E-state index contributed by atoms with van der Waals surface area (Å²) in [4.78, 5) is 16.6. The van der Waals surface area contributed by atoms with Gasteiger partial charge in [-0.05, 0) is 29.7 Å². The molecule has 1 amide bonds. The second-order valence-electron chi connectivity index (χ2n) is 7.19. The number of carbonyl (C=O) groups excluding carboxylic acids is 1. The number of oxazole rings is 1. The normalized spacial score (nSPS) is 10.9. The van der Waals surface area contributed by atoms with E-state index >= 15 is 0 Å². The highest BCUT2D eigenvalue weighted by atomic mass is 19.1. The minimum absolute atomic E-state index is 0.172. The summed E-state index contributed by atoms with van der Waals surface area (Å²) in [5, 5.41) is 7.19. The Morgan fingerprint density at radius 1 is 1.10 bits per heavy atom. The van der Waals surface area contributed by atoms with Gasteiger partial charge >= 0.3 is 0 Å². The quantitative estimate of drug-likeness (QED) is 0.444. The molecular formula is C24H23FN4O2. The Bertz CT molecular complexity index is 1160. The van der Waals surface area contributed by atoms with Gasteiger partial charge in [-0.15, -0.1) is 0 Å². The van der Waals surface area contributed by atoms with Crippen LogP contribution >= 0.6 is 0 Å². The van der Waals surface area contributed by atoms with Gasteiger partial charge in [0.05, 0.1) is 24.5 Å². The average Bonchev–Trinajstić information content (AvgIpc) is 3.43. The van der Waals surface area contributed by atoms with Crippen molar-refractivity contribution in [1.82, 2.24) is 14.8 Å². The molecule has 1 N–H and O–H groups in total. The summed E-state index contributed by atoms with van der Waals surface area (Å²) in [7, 11) is 0. The number of hydrogen-bond acceptors (Lipinski definition) is 4. The van der Waals surface area contributed by atoms with E-state index in [-0.39, 0.29) is 18.1 Å². The van der Waals surface area contributed by atoms with Gasteiger partial charge < -0.3 is 9.73 Å². The van der Waals surface area contributed by atoms with E-state index in [4.69, 9.17) is 4.42 Å². The number of nitrogens with one attached hydrogen (secondary N) is 1. The Labute approximate surface area is 179 Å². The van der Waals surface area contributed by atoms with E-state index in [1.165, 1.54) is 17.8 Å². The van der Waals surface area contributed by atoms with Crippen molar-refractivity contribution in [2.75, 3.05) is 5.32 Å². The molecule has 0 bridgehead atoms. The van der Waals surface area contributed by atoms with Crippen LogP contribution in [-0.4, -0.2) is 20.7 Å². The fourth-order valence-electron chi connectivity index (χ4n) is 3.26. The Kier molecular flexibility index (Phi) is 6.21. The Hall–Kier alpha value is -3.74. The van der Waals surface area contributed by atoms with E-state index < -0.39 is 0 Å². The topological polar surface area (TPSA) is 73.0 Å². The summed E-state index contributed by atoms with van der Waals surface area (Å²) < 4.78 is 21.2. The van der Waals surface area contributed by atoms with Crippen molar-refractivity contribution >= 4 is 11.7 Å². The number of rotatable bonds is 8. The maximum absolute atomic E-state index is 13.9. The largest absolute Gasteiger partial charge is 0.441 e. The van der Waals surface area contributed by atoms with Gasteiger partial charge in [0.1, 0.15) is 11.6 Å². The number of nitrogens with zero attached hydrogens (tertiary/aromatic N) is 3. The molecule has 0 fully saturated rings. The van der Waals surface area contributed by atoms with Crippen LogP contribution in [0.1, 0.15) is 30.4 Å².